The van der Waals surface area contributed by atoms with Crippen molar-refractivity contribution in [2.45, 2.75) is 0 Å². The van der Waals surface area contributed by atoms with E-state index < -0.39 is 11.9 Å². The molecule has 1 aromatic carbocycles. The summed E-state index contributed by atoms with van der Waals surface area (Å²) in [5, 5.41) is 2.40. The Balaban J connectivity index is 2.77. The molecule has 1 N–H and O–H groups in total. The van der Waals surface area contributed by atoms with E-state index in [0.717, 1.165) is 16.1 Å². The lowest BCUT2D eigenvalue weighted by Gasteiger charge is -2.04. The number of methoxy groups -OCH3 is 1. The quantitative estimate of drug-likeness (QED) is 0.632. The van der Waals surface area contributed by atoms with Crippen LogP contribution in [-0.4, -0.2) is 19.0 Å². The van der Waals surface area contributed by atoms with Gasteiger partial charge in [0.15, 0.2) is 0 Å². The standard InChI is InChI=1S/C9H7Br2NO3/c1-15-9(14)8(13)12-5-2-3-6(10)7(11)4-5/h2-4H,1H3,(H,12,13). The maximum atomic E-state index is 11.1. The maximum absolute atomic E-state index is 11.1. The Morgan fingerprint density at radius 1 is 1.27 bits per heavy atom. The number of hydrogen-bond donors (Lipinski definition) is 1. The van der Waals surface area contributed by atoms with Crippen molar-refractivity contribution in [2.75, 3.05) is 12.4 Å². The van der Waals surface area contributed by atoms with Crippen molar-refractivity contribution >= 4 is 49.4 Å². The van der Waals surface area contributed by atoms with E-state index >= 15 is 0 Å². The fourth-order valence-corrected chi connectivity index (χ4v) is 1.47. The zero-order valence-electron chi connectivity index (χ0n) is 7.71. The van der Waals surface area contributed by atoms with E-state index in [1.165, 1.54) is 0 Å². The highest BCUT2D eigenvalue weighted by molar-refractivity contribution is 9.13. The van der Waals surface area contributed by atoms with Gasteiger partial charge in [-0.05, 0) is 50.1 Å². The highest BCUT2D eigenvalue weighted by Gasteiger charge is 2.13. The first-order valence-electron chi connectivity index (χ1n) is 3.89. The van der Waals surface area contributed by atoms with E-state index in [0.29, 0.717) is 5.69 Å². The van der Waals surface area contributed by atoms with Gasteiger partial charge in [-0.2, -0.15) is 0 Å². The molecule has 0 spiro atoms. The van der Waals surface area contributed by atoms with Gasteiger partial charge >= 0.3 is 11.9 Å². The second-order valence-electron chi connectivity index (χ2n) is 2.57. The van der Waals surface area contributed by atoms with Crippen molar-refractivity contribution in [2.24, 2.45) is 0 Å². The van der Waals surface area contributed by atoms with Crippen LogP contribution in [0.2, 0.25) is 0 Å². The van der Waals surface area contributed by atoms with E-state index in [2.05, 4.69) is 41.9 Å². The molecule has 1 amide bonds. The van der Waals surface area contributed by atoms with Crippen molar-refractivity contribution in [3.05, 3.63) is 27.1 Å². The molecule has 0 aliphatic rings. The number of anilines is 1. The topological polar surface area (TPSA) is 55.4 Å². The van der Waals surface area contributed by atoms with Crippen molar-refractivity contribution in [1.82, 2.24) is 0 Å². The minimum absolute atomic E-state index is 0.514. The molecule has 0 heterocycles. The molecule has 0 radical (unpaired) electrons. The molecule has 0 fully saturated rings. The number of esters is 1. The van der Waals surface area contributed by atoms with Crippen molar-refractivity contribution in [3.8, 4) is 0 Å². The molecule has 0 aliphatic heterocycles. The fourth-order valence-electron chi connectivity index (χ4n) is 0.849. The first kappa shape index (κ1) is 12.2. The third-order valence-electron chi connectivity index (χ3n) is 1.55. The van der Waals surface area contributed by atoms with Crippen LogP contribution in [0.4, 0.5) is 5.69 Å². The molecule has 0 aromatic heterocycles. The molecule has 0 saturated carbocycles. The molecule has 1 rings (SSSR count). The lowest BCUT2D eigenvalue weighted by atomic mass is 10.3. The van der Waals surface area contributed by atoms with Gasteiger partial charge in [-0.25, -0.2) is 4.79 Å². The lowest BCUT2D eigenvalue weighted by Crippen LogP contribution is -2.23. The smallest absolute Gasteiger partial charge is 0.396 e. The zero-order valence-corrected chi connectivity index (χ0v) is 10.9. The summed E-state index contributed by atoms with van der Waals surface area (Å²) in [7, 11) is 1.15. The van der Waals surface area contributed by atoms with Gasteiger partial charge in [-0.15, -0.1) is 0 Å². The zero-order chi connectivity index (χ0) is 11.4. The molecule has 0 bridgehead atoms. The molecule has 0 unspecified atom stereocenters. The molecule has 0 atom stereocenters. The third kappa shape index (κ3) is 3.32. The molecule has 1 aromatic rings. The minimum atomic E-state index is -0.922. The number of ether oxygens (including phenoxy) is 1. The van der Waals surface area contributed by atoms with Crippen LogP contribution in [0.3, 0.4) is 0 Å². The molecule has 6 heteroatoms. The predicted molar refractivity (Wildman–Crippen MR) is 62.5 cm³/mol. The second kappa shape index (κ2) is 5.27. The Hall–Kier alpha value is -0.880. The van der Waals surface area contributed by atoms with Crippen LogP contribution in [0.15, 0.2) is 27.1 Å². The van der Waals surface area contributed by atoms with Crippen LogP contribution < -0.4 is 5.32 Å². The molecule has 15 heavy (non-hydrogen) atoms. The maximum Gasteiger partial charge on any atom is 0.396 e. The minimum Gasteiger partial charge on any atom is -0.462 e. The largest absolute Gasteiger partial charge is 0.462 e. The summed E-state index contributed by atoms with van der Waals surface area (Å²) < 4.78 is 5.91. The van der Waals surface area contributed by atoms with Crippen molar-refractivity contribution < 1.29 is 14.3 Å². The molecular formula is C9H7Br2NO3. The average Bonchev–Trinajstić information content (AvgIpc) is 2.22. The van der Waals surface area contributed by atoms with Crippen molar-refractivity contribution in [3.63, 3.8) is 0 Å². The molecule has 80 valence electrons. The molecule has 4 nitrogen and oxygen atoms in total. The summed E-state index contributed by atoms with van der Waals surface area (Å²) in [4.78, 5) is 21.9. The lowest BCUT2D eigenvalue weighted by molar-refractivity contribution is -0.150. The van der Waals surface area contributed by atoms with Crippen LogP contribution in [0.1, 0.15) is 0 Å². The molecule has 0 aliphatic carbocycles. The van der Waals surface area contributed by atoms with Gasteiger partial charge in [0.25, 0.3) is 0 Å². The Morgan fingerprint density at radius 3 is 2.47 bits per heavy atom. The first-order valence-corrected chi connectivity index (χ1v) is 5.47. The van der Waals surface area contributed by atoms with Crippen LogP contribution in [0, 0.1) is 0 Å². The van der Waals surface area contributed by atoms with E-state index in [9.17, 15) is 9.59 Å². The van der Waals surface area contributed by atoms with Gasteiger partial charge < -0.3 is 10.1 Å². The molecular weight excluding hydrogens is 330 g/mol. The Kier molecular flexibility index (Phi) is 4.28. The van der Waals surface area contributed by atoms with E-state index in [4.69, 9.17) is 0 Å². The normalized spacial score (nSPS) is 9.53. The summed E-state index contributed by atoms with van der Waals surface area (Å²) in [6, 6.07) is 5.08. The van der Waals surface area contributed by atoms with E-state index in [-0.39, 0.29) is 0 Å². The molecule has 0 saturated heterocycles. The summed E-state index contributed by atoms with van der Waals surface area (Å²) >= 11 is 6.56. The van der Waals surface area contributed by atoms with Crippen LogP contribution in [0.5, 0.6) is 0 Å². The second-order valence-corrected chi connectivity index (χ2v) is 4.28. The Labute approximate surface area is 103 Å². The predicted octanol–water partition coefficient (Wildman–Crippen LogP) is 2.32. The number of carbonyl (C=O) groups is 2. The van der Waals surface area contributed by atoms with Crippen LogP contribution >= 0.6 is 31.9 Å². The summed E-state index contributed by atoms with van der Waals surface area (Å²) in [6.07, 6.45) is 0. The number of halogens is 2. The summed E-state index contributed by atoms with van der Waals surface area (Å²) in [5.74, 6) is -1.72. The number of nitrogens with one attached hydrogen (secondary N) is 1. The Bertz CT molecular complexity index is 406. The van der Waals surface area contributed by atoms with Crippen LogP contribution in [-0.2, 0) is 14.3 Å². The van der Waals surface area contributed by atoms with Gasteiger partial charge in [0, 0.05) is 14.6 Å². The first-order chi connectivity index (χ1) is 7.04. The number of amides is 1. The number of hydrogen-bond acceptors (Lipinski definition) is 3. The van der Waals surface area contributed by atoms with Gasteiger partial charge in [-0.1, -0.05) is 0 Å². The number of carbonyl (C=O) groups excluding carboxylic acids is 2. The van der Waals surface area contributed by atoms with Gasteiger partial charge in [0.05, 0.1) is 7.11 Å². The van der Waals surface area contributed by atoms with E-state index in [1.54, 1.807) is 18.2 Å². The van der Waals surface area contributed by atoms with E-state index in [1.807, 2.05) is 0 Å². The average molecular weight is 337 g/mol. The van der Waals surface area contributed by atoms with Crippen LogP contribution in [0.25, 0.3) is 0 Å². The Morgan fingerprint density at radius 2 is 1.93 bits per heavy atom. The summed E-state index contributed by atoms with van der Waals surface area (Å²) in [6.45, 7) is 0. The number of rotatable bonds is 1. The third-order valence-corrected chi connectivity index (χ3v) is 3.43. The monoisotopic (exact) mass is 335 g/mol. The fraction of sp³-hybridized carbons (Fsp3) is 0.111. The highest BCUT2D eigenvalue weighted by atomic mass is 79.9. The summed E-state index contributed by atoms with van der Waals surface area (Å²) in [5.41, 5.74) is 0.514. The highest BCUT2D eigenvalue weighted by Crippen LogP contribution is 2.25. The van der Waals surface area contributed by atoms with Gasteiger partial charge in [0.2, 0.25) is 0 Å². The van der Waals surface area contributed by atoms with Gasteiger partial charge in [0.1, 0.15) is 0 Å². The number of benzene rings is 1. The van der Waals surface area contributed by atoms with Gasteiger partial charge in [-0.3, -0.25) is 4.79 Å². The van der Waals surface area contributed by atoms with Crippen molar-refractivity contribution in [1.29, 1.82) is 0 Å². The SMILES string of the molecule is COC(=O)C(=O)Nc1ccc(Br)c(Br)c1.